The van der Waals surface area contributed by atoms with Gasteiger partial charge in [-0.2, -0.15) is 0 Å². The van der Waals surface area contributed by atoms with Crippen molar-refractivity contribution in [3.63, 3.8) is 0 Å². The van der Waals surface area contributed by atoms with Crippen molar-refractivity contribution in [3.8, 4) is 0 Å². The molecule has 0 aliphatic heterocycles. The fraction of sp³-hybridized carbons (Fsp3) is 0.500. The molecule has 2 saturated carbocycles. The number of amides is 1. The minimum absolute atomic E-state index is 0.0217. The highest BCUT2D eigenvalue weighted by atomic mass is 32.2. The van der Waals surface area contributed by atoms with Gasteiger partial charge in [-0.3, -0.25) is 4.79 Å². The van der Waals surface area contributed by atoms with E-state index in [2.05, 4.69) is 5.32 Å². The number of benzene rings is 1. The highest BCUT2D eigenvalue weighted by Gasteiger charge is 2.54. The van der Waals surface area contributed by atoms with Crippen LogP contribution in [0, 0.1) is 23.6 Å². The molecule has 2 fully saturated rings. The predicted molar refractivity (Wildman–Crippen MR) is 75.3 cm³/mol. The van der Waals surface area contributed by atoms with E-state index in [-0.39, 0.29) is 17.5 Å². The minimum Gasteiger partial charge on any atom is -0.326 e. The van der Waals surface area contributed by atoms with Gasteiger partial charge < -0.3 is 5.32 Å². The molecule has 0 spiro atoms. The zero-order valence-corrected chi connectivity index (χ0v) is 12.2. The lowest BCUT2D eigenvalue weighted by atomic mass is 10.0. The molecule has 1 aromatic rings. The highest BCUT2D eigenvalue weighted by molar-refractivity contribution is 7.89. The van der Waals surface area contributed by atoms with Crippen molar-refractivity contribution < 1.29 is 17.6 Å². The number of fused-ring (bicyclic) bond motifs is 1. The van der Waals surface area contributed by atoms with E-state index in [1.165, 1.54) is 18.9 Å². The number of rotatable bonds is 3. The summed E-state index contributed by atoms with van der Waals surface area (Å²) in [5.74, 6) is -0.105. The molecule has 0 saturated heterocycles. The molecule has 0 radical (unpaired) electrons. The van der Waals surface area contributed by atoms with Crippen LogP contribution in [0.25, 0.3) is 0 Å². The van der Waals surface area contributed by atoms with Crippen LogP contribution in [0.4, 0.5) is 10.1 Å². The molecule has 5 nitrogen and oxygen atoms in total. The molecule has 0 heterocycles. The number of hydrogen-bond donors (Lipinski definition) is 2. The molecule has 1 aromatic carbocycles. The first-order valence-electron chi connectivity index (χ1n) is 7.01. The molecule has 0 aromatic heterocycles. The summed E-state index contributed by atoms with van der Waals surface area (Å²) >= 11 is 0. The molecule has 7 heteroatoms. The molecule has 2 atom stereocenters. The number of primary sulfonamides is 1. The topological polar surface area (TPSA) is 89.3 Å². The third-order valence-corrected chi connectivity index (χ3v) is 5.41. The van der Waals surface area contributed by atoms with Gasteiger partial charge >= 0.3 is 0 Å². The SMILES string of the molecule is NS(=O)(=O)c1ccc(NC(=O)C2C3CCCCC32)cc1F. The first-order chi connectivity index (χ1) is 9.88. The molecule has 2 unspecified atom stereocenters. The van der Waals surface area contributed by atoms with Gasteiger partial charge in [0.25, 0.3) is 0 Å². The third-order valence-electron chi connectivity index (χ3n) is 4.47. The van der Waals surface area contributed by atoms with Crippen molar-refractivity contribution >= 4 is 21.6 Å². The van der Waals surface area contributed by atoms with Crippen LogP contribution in [0.1, 0.15) is 25.7 Å². The van der Waals surface area contributed by atoms with Crippen LogP contribution in [0.5, 0.6) is 0 Å². The zero-order chi connectivity index (χ0) is 15.2. The van der Waals surface area contributed by atoms with Crippen molar-refractivity contribution in [2.24, 2.45) is 22.9 Å². The van der Waals surface area contributed by atoms with Crippen LogP contribution in [-0.4, -0.2) is 14.3 Å². The third kappa shape index (κ3) is 2.80. The fourth-order valence-corrected chi connectivity index (χ4v) is 4.00. The van der Waals surface area contributed by atoms with Crippen LogP contribution in [0.2, 0.25) is 0 Å². The van der Waals surface area contributed by atoms with E-state index in [4.69, 9.17) is 5.14 Å². The smallest absolute Gasteiger partial charge is 0.240 e. The Morgan fingerprint density at radius 2 is 1.86 bits per heavy atom. The molecular weight excluding hydrogens is 295 g/mol. The Hall–Kier alpha value is -1.47. The van der Waals surface area contributed by atoms with E-state index in [1.807, 2.05) is 0 Å². The molecule has 3 rings (SSSR count). The van der Waals surface area contributed by atoms with Gasteiger partial charge in [0.2, 0.25) is 15.9 Å². The van der Waals surface area contributed by atoms with Gasteiger partial charge in [-0.05, 0) is 42.9 Å². The van der Waals surface area contributed by atoms with Gasteiger partial charge in [0.1, 0.15) is 10.7 Å². The number of carbonyl (C=O) groups is 1. The van der Waals surface area contributed by atoms with E-state index in [9.17, 15) is 17.6 Å². The van der Waals surface area contributed by atoms with Crippen molar-refractivity contribution in [2.75, 3.05) is 5.32 Å². The maximum atomic E-state index is 13.7. The summed E-state index contributed by atoms with van der Waals surface area (Å²) in [6, 6.07) is 3.41. The van der Waals surface area contributed by atoms with Crippen LogP contribution >= 0.6 is 0 Å². The molecule has 1 amide bonds. The quantitative estimate of drug-likeness (QED) is 0.892. The predicted octanol–water partition coefficient (Wildman–Crippen LogP) is 1.85. The maximum Gasteiger partial charge on any atom is 0.240 e. The maximum absolute atomic E-state index is 13.7. The summed E-state index contributed by atoms with van der Waals surface area (Å²) in [7, 11) is -4.09. The molecular formula is C14H17FN2O3S. The van der Waals surface area contributed by atoms with Crippen molar-refractivity contribution in [2.45, 2.75) is 30.6 Å². The number of hydrogen-bond acceptors (Lipinski definition) is 3. The molecule has 2 aliphatic carbocycles. The molecule has 2 aliphatic rings. The molecule has 21 heavy (non-hydrogen) atoms. The van der Waals surface area contributed by atoms with Crippen LogP contribution < -0.4 is 10.5 Å². The van der Waals surface area contributed by atoms with Crippen LogP contribution in [-0.2, 0) is 14.8 Å². The van der Waals surface area contributed by atoms with E-state index in [0.717, 1.165) is 25.0 Å². The number of halogens is 1. The Labute approximate surface area is 122 Å². The first kappa shape index (κ1) is 14.5. The summed E-state index contributed by atoms with van der Waals surface area (Å²) in [5, 5.41) is 7.56. The van der Waals surface area contributed by atoms with Gasteiger partial charge in [0.15, 0.2) is 0 Å². The lowest BCUT2D eigenvalue weighted by molar-refractivity contribution is -0.117. The van der Waals surface area contributed by atoms with E-state index in [1.54, 1.807) is 0 Å². The Balaban J connectivity index is 1.71. The lowest BCUT2D eigenvalue weighted by Gasteiger charge is -2.07. The van der Waals surface area contributed by atoms with Crippen molar-refractivity contribution in [3.05, 3.63) is 24.0 Å². The Morgan fingerprint density at radius 1 is 1.24 bits per heavy atom. The average molecular weight is 312 g/mol. The summed E-state index contributed by atoms with van der Waals surface area (Å²) in [6.07, 6.45) is 4.51. The van der Waals surface area contributed by atoms with Crippen molar-refractivity contribution in [1.82, 2.24) is 0 Å². The monoisotopic (exact) mass is 312 g/mol. The Morgan fingerprint density at radius 3 is 2.38 bits per heavy atom. The first-order valence-corrected chi connectivity index (χ1v) is 8.56. The van der Waals surface area contributed by atoms with Crippen LogP contribution in [0.3, 0.4) is 0 Å². The summed E-state index contributed by atoms with van der Waals surface area (Å²) in [6.45, 7) is 0. The van der Waals surface area contributed by atoms with E-state index in [0.29, 0.717) is 11.8 Å². The lowest BCUT2D eigenvalue weighted by Crippen LogP contribution is -2.17. The largest absolute Gasteiger partial charge is 0.326 e. The van der Waals surface area contributed by atoms with Gasteiger partial charge in [-0.25, -0.2) is 17.9 Å². The number of anilines is 1. The summed E-state index contributed by atoms with van der Waals surface area (Å²) < 4.78 is 36.0. The second kappa shape index (κ2) is 5.06. The number of nitrogens with two attached hydrogens (primary N) is 1. The van der Waals surface area contributed by atoms with Crippen LogP contribution in [0.15, 0.2) is 23.1 Å². The highest BCUT2D eigenvalue weighted by Crippen LogP contribution is 2.55. The zero-order valence-electron chi connectivity index (χ0n) is 11.4. The molecule has 3 N–H and O–H groups in total. The van der Waals surface area contributed by atoms with Gasteiger partial charge in [0.05, 0.1) is 0 Å². The fourth-order valence-electron chi connectivity index (χ4n) is 3.42. The summed E-state index contributed by atoms with van der Waals surface area (Å²) in [4.78, 5) is 11.6. The molecule has 114 valence electrons. The number of carbonyl (C=O) groups excluding carboxylic acids is 1. The average Bonchev–Trinajstić information content (AvgIpc) is 3.11. The van der Waals surface area contributed by atoms with Gasteiger partial charge in [-0.15, -0.1) is 0 Å². The summed E-state index contributed by atoms with van der Waals surface area (Å²) in [5.41, 5.74) is 0.258. The second-order valence-electron chi connectivity index (χ2n) is 5.82. The van der Waals surface area contributed by atoms with Crippen molar-refractivity contribution in [1.29, 1.82) is 0 Å². The normalized spacial score (nSPS) is 27.8. The van der Waals surface area contributed by atoms with E-state index >= 15 is 0 Å². The Bertz CT molecular complexity index is 677. The Kier molecular flexibility index (Phi) is 3.49. The molecule has 0 bridgehead atoms. The standard InChI is InChI=1S/C14H17FN2O3S/c15-11-7-8(5-6-12(11)21(16,19)20)17-14(18)13-9-3-1-2-4-10(9)13/h5-7,9-10,13H,1-4H2,(H,17,18)(H2,16,19,20). The van der Waals surface area contributed by atoms with E-state index < -0.39 is 20.7 Å². The van der Waals surface area contributed by atoms with Gasteiger partial charge in [0, 0.05) is 11.6 Å². The second-order valence-corrected chi connectivity index (χ2v) is 7.35. The minimum atomic E-state index is -4.09. The van der Waals surface area contributed by atoms with Gasteiger partial charge in [-0.1, -0.05) is 12.8 Å². The number of sulfonamides is 1. The number of nitrogens with one attached hydrogen (secondary N) is 1.